The van der Waals surface area contributed by atoms with E-state index in [1.165, 1.54) is 12.7 Å². The normalized spacial score (nSPS) is 13.5. The molecule has 0 aliphatic rings. The Bertz CT molecular complexity index is 442. The molecule has 21 heavy (non-hydrogen) atoms. The van der Waals surface area contributed by atoms with Crippen LogP contribution in [0.2, 0.25) is 0 Å². The minimum Gasteiger partial charge on any atom is -0.469 e. The maximum Gasteiger partial charge on any atom is 0.305 e. The molecule has 1 aromatic carbocycles. The van der Waals surface area contributed by atoms with Crippen LogP contribution in [0.4, 0.5) is 0 Å². The molecule has 116 valence electrons. The van der Waals surface area contributed by atoms with Crippen LogP contribution in [0.3, 0.4) is 0 Å². The van der Waals surface area contributed by atoms with Gasteiger partial charge in [-0.3, -0.25) is 4.79 Å². The maximum atomic E-state index is 11.3. The van der Waals surface area contributed by atoms with Crippen molar-refractivity contribution in [3.63, 3.8) is 0 Å². The lowest BCUT2D eigenvalue weighted by Gasteiger charge is -2.24. The van der Waals surface area contributed by atoms with Crippen LogP contribution in [0, 0.1) is 0 Å². The lowest BCUT2D eigenvalue weighted by atomic mass is 9.97. The Kier molecular flexibility index (Phi) is 7.72. The molecule has 2 atom stereocenters. The Hall–Kier alpha value is -1.65. The van der Waals surface area contributed by atoms with Crippen molar-refractivity contribution in [3.05, 3.63) is 48.0 Å². The number of aliphatic hydroxyl groups is 1. The highest BCUT2D eigenvalue weighted by Gasteiger charge is 2.21. The molecule has 0 radical (unpaired) electrons. The van der Waals surface area contributed by atoms with E-state index in [9.17, 15) is 9.90 Å². The molecule has 0 heterocycles. The van der Waals surface area contributed by atoms with Crippen molar-refractivity contribution >= 4 is 5.97 Å². The smallest absolute Gasteiger partial charge is 0.305 e. The molecule has 0 saturated heterocycles. The second-order valence-corrected chi connectivity index (χ2v) is 4.96. The Morgan fingerprint density at radius 1 is 1.43 bits per heavy atom. The van der Waals surface area contributed by atoms with E-state index in [1.54, 1.807) is 6.08 Å². The summed E-state index contributed by atoms with van der Waals surface area (Å²) in [6.45, 7) is 6.34. The number of carbonyl (C=O) groups excluding carboxylic acids is 1. The lowest BCUT2D eigenvalue weighted by molar-refractivity contribution is -0.141. The molecule has 1 aromatic rings. The summed E-state index contributed by atoms with van der Waals surface area (Å²) in [6.07, 6.45) is 2.82. The quantitative estimate of drug-likeness (QED) is 0.542. The Morgan fingerprint density at radius 3 is 2.62 bits per heavy atom. The first-order valence-corrected chi connectivity index (χ1v) is 7.30. The number of hydrogen-bond donors (Lipinski definition) is 2. The van der Waals surface area contributed by atoms with E-state index >= 15 is 0 Å². The fourth-order valence-electron chi connectivity index (χ4n) is 2.16. The minimum atomic E-state index is -0.666. The molecule has 0 aromatic heterocycles. The first-order valence-electron chi connectivity index (χ1n) is 7.30. The summed E-state index contributed by atoms with van der Waals surface area (Å²) in [5.41, 5.74) is 2.08. The third-order valence-electron chi connectivity index (χ3n) is 3.52. The third kappa shape index (κ3) is 5.69. The first-order chi connectivity index (χ1) is 10.1. The number of benzene rings is 1. The van der Waals surface area contributed by atoms with Crippen molar-refractivity contribution in [2.45, 2.75) is 38.3 Å². The van der Waals surface area contributed by atoms with Crippen LogP contribution in [0.5, 0.6) is 0 Å². The molecular formula is C17H25NO3. The van der Waals surface area contributed by atoms with Crippen LogP contribution in [0.25, 0.3) is 0 Å². The van der Waals surface area contributed by atoms with Crippen molar-refractivity contribution in [2.24, 2.45) is 0 Å². The molecule has 0 spiro atoms. The molecule has 0 bridgehead atoms. The lowest BCUT2D eigenvalue weighted by Crippen LogP contribution is -2.35. The van der Waals surface area contributed by atoms with Gasteiger partial charge in [0.1, 0.15) is 0 Å². The predicted molar refractivity (Wildman–Crippen MR) is 84.0 cm³/mol. The van der Waals surface area contributed by atoms with E-state index < -0.39 is 6.10 Å². The number of carbonyl (C=O) groups is 1. The van der Waals surface area contributed by atoms with Gasteiger partial charge in [-0.1, -0.05) is 37.3 Å². The zero-order valence-electron chi connectivity index (χ0n) is 12.8. The molecular weight excluding hydrogens is 266 g/mol. The van der Waals surface area contributed by atoms with Gasteiger partial charge in [-0.2, -0.15) is 0 Å². The van der Waals surface area contributed by atoms with E-state index in [1.807, 2.05) is 24.3 Å². The van der Waals surface area contributed by atoms with Crippen LogP contribution < -0.4 is 5.32 Å². The molecule has 0 saturated carbocycles. The van der Waals surface area contributed by atoms with Gasteiger partial charge >= 0.3 is 5.97 Å². The molecule has 2 unspecified atom stereocenters. The van der Waals surface area contributed by atoms with Gasteiger partial charge in [-0.15, -0.1) is 6.58 Å². The first kappa shape index (κ1) is 17.4. The summed E-state index contributed by atoms with van der Waals surface area (Å²) in [6, 6.07) is 7.69. The van der Waals surface area contributed by atoms with Crippen molar-refractivity contribution in [2.75, 3.05) is 13.7 Å². The minimum absolute atomic E-state index is 0.213. The highest BCUT2D eigenvalue weighted by Crippen LogP contribution is 2.21. The summed E-state index contributed by atoms with van der Waals surface area (Å²) in [7, 11) is 1.37. The summed E-state index contributed by atoms with van der Waals surface area (Å²) in [5, 5.41) is 13.7. The van der Waals surface area contributed by atoms with Crippen LogP contribution in [0.1, 0.15) is 37.0 Å². The maximum absolute atomic E-state index is 11.3. The fourth-order valence-corrected chi connectivity index (χ4v) is 2.16. The van der Waals surface area contributed by atoms with Gasteiger partial charge in [0.2, 0.25) is 0 Å². The monoisotopic (exact) mass is 291 g/mol. The zero-order valence-corrected chi connectivity index (χ0v) is 12.8. The average Bonchev–Trinajstić information content (AvgIpc) is 2.54. The number of aliphatic hydroxyl groups excluding tert-OH is 1. The highest BCUT2D eigenvalue weighted by atomic mass is 16.5. The van der Waals surface area contributed by atoms with Crippen LogP contribution in [0.15, 0.2) is 36.9 Å². The predicted octanol–water partition coefficient (Wildman–Crippen LogP) is 2.38. The number of nitrogens with one attached hydrogen (secondary N) is 1. The second-order valence-electron chi connectivity index (χ2n) is 4.96. The van der Waals surface area contributed by atoms with Crippen LogP contribution in [-0.4, -0.2) is 30.8 Å². The molecule has 1 rings (SSSR count). The third-order valence-corrected chi connectivity index (χ3v) is 3.52. The number of aryl methyl sites for hydroxylation is 1. The molecule has 4 heteroatoms. The topological polar surface area (TPSA) is 58.6 Å². The molecule has 4 nitrogen and oxygen atoms in total. The number of hydrogen-bond acceptors (Lipinski definition) is 4. The number of rotatable bonds is 9. The van der Waals surface area contributed by atoms with E-state index in [4.69, 9.17) is 0 Å². The average molecular weight is 291 g/mol. The van der Waals surface area contributed by atoms with Gasteiger partial charge in [0.05, 0.1) is 13.2 Å². The summed E-state index contributed by atoms with van der Waals surface area (Å²) in [5.74, 6) is -0.270. The van der Waals surface area contributed by atoms with Gasteiger partial charge in [0.25, 0.3) is 0 Å². The van der Waals surface area contributed by atoms with Crippen molar-refractivity contribution in [3.8, 4) is 0 Å². The summed E-state index contributed by atoms with van der Waals surface area (Å²) >= 11 is 0. The number of ether oxygens (including phenoxy) is 1. The SMILES string of the molecule is C=CCNC(CCC(=O)OC)C(O)c1ccc(CC)cc1. The number of esters is 1. The highest BCUT2D eigenvalue weighted by molar-refractivity contribution is 5.69. The van der Waals surface area contributed by atoms with Crippen molar-refractivity contribution < 1.29 is 14.6 Å². The Labute approximate surface area is 126 Å². The zero-order chi connectivity index (χ0) is 15.7. The molecule has 0 aliphatic carbocycles. The summed E-state index contributed by atoms with van der Waals surface area (Å²) in [4.78, 5) is 11.3. The Balaban J connectivity index is 2.74. The number of methoxy groups -OCH3 is 1. The van der Waals surface area contributed by atoms with E-state index in [2.05, 4.69) is 23.6 Å². The Morgan fingerprint density at radius 2 is 2.10 bits per heavy atom. The van der Waals surface area contributed by atoms with Crippen molar-refractivity contribution in [1.29, 1.82) is 0 Å². The summed E-state index contributed by atoms with van der Waals surface area (Å²) < 4.78 is 4.65. The second kappa shape index (κ2) is 9.32. The van der Waals surface area contributed by atoms with Gasteiger partial charge < -0.3 is 15.2 Å². The molecule has 0 amide bonds. The van der Waals surface area contributed by atoms with Gasteiger partial charge in [-0.05, 0) is 24.0 Å². The fraction of sp³-hybridized carbons (Fsp3) is 0.471. The molecule has 0 aliphatic heterocycles. The largest absolute Gasteiger partial charge is 0.469 e. The molecule has 2 N–H and O–H groups in total. The molecule has 0 fully saturated rings. The van der Waals surface area contributed by atoms with Gasteiger partial charge in [0.15, 0.2) is 0 Å². The van der Waals surface area contributed by atoms with E-state index in [0.717, 1.165) is 12.0 Å². The van der Waals surface area contributed by atoms with Gasteiger partial charge in [-0.25, -0.2) is 0 Å². The van der Waals surface area contributed by atoms with E-state index in [-0.39, 0.29) is 18.4 Å². The standard InChI is InChI=1S/C17H25NO3/c1-4-12-18-15(10-11-16(19)21-3)17(20)14-8-6-13(5-2)7-9-14/h4,6-9,15,17-18,20H,1,5,10-12H2,2-3H3. The van der Waals surface area contributed by atoms with Gasteiger partial charge in [0, 0.05) is 19.0 Å². The van der Waals surface area contributed by atoms with E-state index in [0.29, 0.717) is 13.0 Å². The van der Waals surface area contributed by atoms with Crippen LogP contribution >= 0.6 is 0 Å². The van der Waals surface area contributed by atoms with Crippen molar-refractivity contribution in [1.82, 2.24) is 5.32 Å². The van der Waals surface area contributed by atoms with Crippen LogP contribution in [-0.2, 0) is 16.0 Å².